The van der Waals surface area contributed by atoms with Crippen molar-refractivity contribution in [3.63, 3.8) is 0 Å². The van der Waals surface area contributed by atoms with Crippen LogP contribution in [0.2, 0.25) is 0 Å². The predicted molar refractivity (Wildman–Crippen MR) is 98.9 cm³/mol. The number of carbonyl (C=O) groups excluding carboxylic acids is 2. The van der Waals surface area contributed by atoms with Crippen LogP contribution in [0.1, 0.15) is 12.8 Å². The maximum atomic E-state index is 13.0. The van der Waals surface area contributed by atoms with Gasteiger partial charge in [0.25, 0.3) is 0 Å². The summed E-state index contributed by atoms with van der Waals surface area (Å²) in [4.78, 5) is 30.4. The summed E-state index contributed by atoms with van der Waals surface area (Å²) in [6.07, 6.45) is -2.68. The first-order valence-electron chi connectivity index (χ1n) is 9.50. The van der Waals surface area contributed by atoms with Crippen molar-refractivity contribution in [2.75, 3.05) is 50.7 Å². The number of hydrogen-bond donors (Lipinski definition) is 1. The Morgan fingerprint density at radius 3 is 2.39 bits per heavy atom. The molecule has 1 aromatic rings. The second kappa shape index (κ2) is 8.91. The van der Waals surface area contributed by atoms with E-state index in [-0.39, 0.29) is 18.5 Å². The van der Waals surface area contributed by atoms with Crippen LogP contribution < -0.4 is 10.2 Å². The number of benzene rings is 1. The van der Waals surface area contributed by atoms with Crippen LogP contribution in [0.15, 0.2) is 30.3 Å². The van der Waals surface area contributed by atoms with Crippen LogP contribution in [0.4, 0.5) is 18.9 Å². The first-order valence-corrected chi connectivity index (χ1v) is 9.50. The van der Waals surface area contributed by atoms with Gasteiger partial charge in [-0.3, -0.25) is 19.4 Å². The fraction of sp³-hybridized carbons (Fsp3) is 0.579. The number of piperidine rings is 1. The van der Waals surface area contributed by atoms with Gasteiger partial charge in [-0.25, -0.2) is 0 Å². The highest BCUT2D eigenvalue weighted by Gasteiger charge is 2.35. The highest BCUT2D eigenvalue weighted by atomic mass is 19.4. The van der Waals surface area contributed by atoms with Crippen LogP contribution in [0.3, 0.4) is 0 Å². The summed E-state index contributed by atoms with van der Waals surface area (Å²) in [7, 11) is 0. The molecule has 0 bridgehead atoms. The molecule has 154 valence electrons. The van der Waals surface area contributed by atoms with Gasteiger partial charge in [-0.05, 0) is 25.0 Å². The van der Waals surface area contributed by atoms with E-state index in [2.05, 4.69) is 4.90 Å². The van der Waals surface area contributed by atoms with E-state index in [9.17, 15) is 22.8 Å². The summed E-state index contributed by atoms with van der Waals surface area (Å²) >= 11 is 0. The Morgan fingerprint density at radius 1 is 1.07 bits per heavy atom. The molecule has 2 saturated heterocycles. The van der Waals surface area contributed by atoms with E-state index < -0.39 is 18.6 Å². The molecule has 2 heterocycles. The Morgan fingerprint density at radius 2 is 1.75 bits per heavy atom. The molecular formula is C19H25F3N4O2. The van der Waals surface area contributed by atoms with Gasteiger partial charge in [0.2, 0.25) is 11.8 Å². The zero-order chi connectivity index (χ0) is 20.1. The number of rotatable bonds is 5. The van der Waals surface area contributed by atoms with E-state index in [1.807, 2.05) is 45.4 Å². The third-order valence-corrected chi connectivity index (χ3v) is 5.18. The van der Waals surface area contributed by atoms with Crippen LogP contribution in [0.25, 0.3) is 0 Å². The quantitative estimate of drug-likeness (QED) is 0.817. The first-order chi connectivity index (χ1) is 13.3. The van der Waals surface area contributed by atoms with Crippen LogP contribution in [0, 0.1) is 0 Å². The number of piperazine rings is 1. The Kier molecular flexibility index (Phi) is 6.56. The van der Waals surface area contributed by atoms with E-state index in [1.165, 1.54) is 0 Å². The lowest BCUT2D eigenvalue weighted by Gasteiger charge is -2.42. The van der Waals surface area contributed by atoms with Crippen molar-refractivity contribution in [3.8, 4) is 0 Å². The van der Waals surface area contributed by atoms with E-state index in [4.69, 9.17) is 0 Å². The molecular weight excluding hydrogens is 373 g/mol. The minimum Gasteiger partial charge on any atom is -0.346 e. The molecule has 9 heteroatoms. The SMILES string of the molecule is O=C(CN1CCN(C2CCCN(c3ccccc3)C2=O)CC1)NCC(F)(F)F. The van der Waals surface area contributed by atoms with Gasteiger partial charge < -0.3 is 10.2 Å². The summed E-state index contributed by atoms with van der Waals surface area (Å²) in [6, 6.07) is 9.41. The van der Waals surface area contributed by atoms with Crippen LogP contribution >= 0.6 is 0 Å². The van der Waals surface area contributed by atoms with Gasteiger partial charge in [-0.1, -0.05) is 18.2 Å². The van der Waals surface area contributed by atoms with E-state index in [0.29, 0.717) is 32.7 Å². The smallest absolute Gasteiger partial charge is 0.346 e. The van der Waals surface area contributed by atoms with Gasteiger partial charge >= 0.3 is 6.18 Å². The number of amides is 2. The summed E-state index contributed by atoms with van der Waals surface area (Å²) in [6.45, 7) is 1.68. The average molecular weight is 398 g/mol. The van der Waals surface area contributed by atoms with E-state index >= 15 is 0 Å². The zero-order valence-electron chi connectivity index (χ0n) is 15.6. The molecule has 1 unspecified atom stereocenters. The van der Waals surface area contributed by atoms with Gasteiger partial charge in [0.1, 0.15) is 6.54 Å². The van der Waals surface area contributed by atoms with Gasteiger partial charge in [0.05, 0.1) is 12.6 Å². The predicted octanol–water partition coefficient (Wildman–Crippen LogP) is 1.48. The van der Waals surface area contributed by atoms with Crippen LogP contribution in [-0.4, -0.2) is 79.6 Å². The molecule has 0 spiro atoms. The number of nitrogens with zero attached hydrogens (tertiary/aromatic N) is 3. The molecule has 0 saturated carbocycles. The molecule has 1 N–H and O–H groups in total. The van der Waals surface area contributed by atoms with Crippen molar-refractivity contribution in [1.82, 2.24) is 15.1 Å². The summed E-state index contributed by atoms with van der Waals surface area (Å²) in [5.41, 5.74) is 0.900. The molecule has 28 heavy (non-hydrogen) atoms. The van der Waals surface area contributed by atoms with Crippen LogP contribution in [-0.2, 0) is 9.59 Å². The number of anilines is 1. The van der Waals surface area contributed by atoms with Crippen molar-refractivity contribution in [1.29, 1.82) is 0 Å². The standard InChI is InChI=1S/C19H25F3N4O2/c20-19(21,22)14-23-17(27)13-24-9-11-25(12-10-24)16-7-4-8-26(18(16)28)15-5-2-1-3-6-15/h1-3,5-6,16H,4,7-14H2,(H,23,27). The lowest BCUT2D eigenvalue weighted by molar-refractivity contribution is -0.139. The minimum absolute atomic E-state index is 0.0569. The maximum absolute atomic E-state index is 13.0. The molecule has 0 aliphatic carbocycles. The lowest BCUT2D eigenvalue weighted by atomic mass is 10.0. The molecule has 6 nitrogen and oxygen atoms in total. The third-order valence-electron chi connectivity index (χ3n) is 5.18. The van der Waals surface area contributed by atoms with Crippen molar-refractivity contribution in [2.45, 2.75) is 25.1 Å². The van der Waals surface area contributed by atoms with Crippen molar-refractivity contribution in [3.05, 3.63) is 30.3 Å². The molecule has 2 amide bonds. The largest absolute Gasteiger partial charge is 0.405 e. The molecule has 2 fully saturated rings. The first kappa shape index (κ1) is 20.6. The topological polar surface area (TPSA) is 55.9 Å². The average Bonchev–Trinajstić information content (AvgIpc) is 2.68. The van der Waals surface area contributed by atoms with E-state index in [0.717, 1.165) is 18.5 Å². The van der Waals surface area contributed by atoms with Crippen molar-refractivity contribution < 1.29 is 22.8 Å². The second-order valence-electron chi connectivity index (χ2n) is 7.19. The molecule has 0 aromatic heterocycles. The molecule has 2 aliphatic heterocycles. The molecule has 2 aliphatic rings. The zero-order valence-corrected chi connectivity index (χ0v) is 15.6. The summed E-state index contributed by atoms with van der Waals surface area (Å²) in [5.74, 6) is -0.538. The second-order valence-corrected chi connectivity index (χ2v) is 7.19. The lowest BCUT2D eigenvalue weighted by Crippen LogP contribution is -2.58. The Balaban J connectivity index is 1.49. The number of hydrogen-bond acceptors (Lipinski definition) is 4. The highest BCUT2D eigenvalue weighted by Crippen LogP contribution is 2.24. The molecule has 0 radical (unpaired) electrons. The van der Waals surface area contributed by atoms with Gasteiger partial charge in [-0.15, -0.1) is 0 Å². The number of alkyl halides is 3. The summed E-state index contributed by atoms with van der Waals surface area (Å²) < 4.78 is 36.5. The normalized spacial score (nSPS) is 22.3. The highest BCUT2D eigenvalue weighted by molar-refractivity contribution is 5.97. The number of para-hydroxylation sites is 1. The maximum Gasteiger partial charge on any atom is 0.405 e. The number of nitrogens with one attached hydrogen (secondary N) is 1. The Bertz CT molecular complexity index is 676. The van der Waals surface area contributed by atoms with Gasteiger partial charge in [0, 0.05) is 38.4 Å². The minimum atomic E-state index is -4.40. The van der Waals surface area contributed by atoms with Gasteiger partial charge in [0.15, 0.2) is 0 Å². The van der Waals surface area contributed by atoms with Crippen LogP contribution in [0.5, 0.6) is 0 Å². The Labute approximate surface area is 162 Å². The fourth-order valence-electron chi connectivity index (χ4n) is 3.75. The third kappa shape index (κ3) is 5.45. The number of halogens is 3. The van der Waals surface area contributed by atoms with Gasteiger partial charge in [-0.2, -0.15) is 13.2 Å². The molecule has 1 aromatic carbocycles. The molecule has 1 atom stereocenters. The summed E-state index contributed by atoms with van der Waals surface area (Å²) in [5, 5.41) is 1.90. The molecule has 3 rings (SSSR count). The van der Waals surface area contributed by atoms with Crippen molar-refractivity contribution >= 4 is 17.5 Å². The number of carbonyl (C=O) groups is 2. The van der Waals surface area contributed by atoms with E-state index in [1.54, 1.807) is 0 Å². The Hall–Kier alpha value is -2.13. The monoisotopic (exact) mass is 398 g/mol. The fourth-order valence-corrected chi connectivity index (χ4v) is 3.75. The van der Waals surface area contributed by atoms with Crippen molar-refractivity contribution in [2.24, 2.45) is 0 Å².